The van der Waals surface area contributed by atoms with Gasteiger partial charge in [0.15, 0.2) is 17.4 Å². The molecule has 7 fully saturated rings. The fraction of sp³-hybridized carbons (Fsp3) is 0.746. The summed E-state index contributed by atoms with van der Waals surface area (Å²) in [5, 5.41) is 0. The lowest BCUT2D eigenvalue weighted by molar-refractivity contribution is -0.151. The van der Waals surface area contributed by atoms with Gasteiger partial charge in [-0.2, -0.15) is 0 Å². The predicted octanol–water partition coefficient (Wildman–Crippen LogP) is 33.9. The molecule has 8 nitrogen and oxygen atoms in total. The lowest BCUT2D eigenvalue weighted by atomic mass is 9.47. The first-order chi connectivity index (χ1) is 59.9. The van der Waals surface area contributed by atoms with Crippen LogP contribution in [-0.4, -0.2) is 42.8 Å². The van der Waals surface area contributed by atoms with Crippen molar-refractivity contribution in [3.8, 4) is 17.2 Å². The van der Waals surface area contributed by atoms with Crippen LogP contribution in [-0.2, 0) is 20.7 Å². The first-order valence-electron chi connectivity index (χ1n) is 52.3. The molecule has 0 bridgehead atoms. The summed E-state index contributed by atoms with van der Waals surface area (Å²) in [5.41, 5.74) is 7.37. The van der Waals surface area contributed by atoms with Crippen LogP contribution in [0.25, 0.3) is 0 Å². The van der Waals surface area contributed by atoms with Crippen LogP contribution in [0.15, 0.2) is 96.6 Å². The third-order valence-corrected chi connectivity index (χ3v) is 32.4. The number of ether oxygens (including phenoxy) is 5. The van der Waals surface area contributed by atoms with E-state index < -0.39 is 17.6 Å². The second-order valence-electron chi connectivity index (χ2n) is 42.4. The number of benzene rings is 4. The van der Waals surface area contributed by atoms with Crippen LogP contribution in [0, 0.1) is 99.4 Å². The van der Waals surface area contributed by atoms with Gasteiger partial charge in [0.2, 0.25) is 0 Å². The molecule has 696 valence electrons. The molecule has 0 spiro atoms. The molecule has 8 aliphatic rings. The number of carbonyl (C=O) groups excluding carboxylic acids is 3. The van der Waals surface area contributed by atoms with Crippen LogP contribution in [0.4, 0.5) is 8.78 Å². The molecular weight excluding hydrogens is 1540 g/mol. The maximum absolute atomic E-state index is 14.3. The van der Waals surface area contributed by atoms with Gasteiger partial charge >= 0.3 is 17.9 Å². The van der Waals surface area contributed by atoms with Crippen LogP contribution in [0.3, 0.4) is 0 Å². The molecule has 10 heteroatoms. The van der Waals surface area contributed by atoms with Gasteiger partial charge in [0.25, 0.3) is 0 Å². The standard InChI is InChI=1S/C36H62O2.C28H38O5.C26H42.C24H36F2O/c1-7-8-9-10-11-12-16-34(37)38-29-21-23-35(5)28(25-29)17-18-30-32-20-19-31(27(4)15-13-14-26(2)3)36(32,6)24-22-33(30)35;1-4-6-8-10-12-22(3)32-27(29)23-15-19-26(20-16-23)33-28(30)24-13-17-25(18-14-24)31-21-11-9-7-5-2;1-4-6-21-7-11-23(12-8-21)25-15-17-26(18-16-25)24-13-9-22(10-14-24)19-20(3)5-2;1-4-5-17-6-8-18(9-7-17)19-10-12-20(13-11-19)21-14-22(25)24(23(26)15-21)27-16(2)3/h17,26-27,29-33H,7-16,18-25H2,1-6H3;13-20,22H,4-12,21H2,1-3H3;9-10,13-14,20-21,23,25-26H,4-8,11-12,15-19H2,1-3H3;14-20H,4-13H2,1-3H3/t27?,29-,30-,31+,32-,33-,35-,36+;;;/m0.../s1. The lowest BCUT2D eigenvalue weighted by Crippen LogP contribution is -2.51. The summed E-state index contributed by atoms with van der Waals surface area (Å²) in [7, 11) is 0. The molecular formula is C114H178F2O8. The van der Waals surface area contributed by atoms with Crippen molar-refractivity contribution in [2.45, 2.75) is 449 Å². The average Bonchev–Trinajstić information content (AvgIpc) is 1.53. The number of allylic oxidation sites excluding steroid dienone is 1. The third kappa shape index (κ3) is 31.7. The maximum atomic E-state index is 14.3. The van der Waals surface area contributed by atoms with Gasteiger partial charge in [-0.15, -0.1) is 0 Å². The minimum Gasteiger partial charge on any atom is -0.494 e. The summed E-state index contributed by atoms with van der Waals surface area (Å²) in [5.74, 6) is 12.0. The van der Waals surface area contributed by atoms with Gasteiger partial charge in [-0.25, -0.2) is 18.4 Å². The molecule has 8 aliphatic carbocycles. The summed E-state index contributed by atoms with van der Waals surface area (Å²) < 4.78 is 56.6. The Morgan fingerprint density at radius 3 is 1.56 bits per heavy atom. The van der Waals surface area contributed by atoms with Gasteiger partial charge < -0.3 is 23.7 Å². The van der Waals surface area contributed by atoms with E-state index >= 15 is 0 Å². The van der Waals surface area contributed by atoms with Crippen LogP contribution in [0.1, 0.15) is 461 Å². The molecule has 0 amide bonds. The van der Waals surface area contributed by atoms with E-state index in [-0.39, 0.29) is 41.9 Å². The monoisotopic (exact) mass is 1710 g/mol. The number of rotatable bonds is 41. The van der Waals surface area contributed by atoms with Crippen molar-refractivity contribution >= 4 is 17.9 Å². The Bertz CT molecular complexity index is 3660. The van der Waals surface area contributed by atoms with E-state index in [1.54, 1.807) is 73.5 Å². The molecule has 0 aromatic heterocycles. The summed E-state index contributed by atoms with van der Waals surface area (Å²) >= 11 is 0. The van der Waals surface area contributed by atoms with E-state index in [4.69, 9.17) is 23.7 Å². The number of halogens is 2. The summed E-state index contributed by atoms with van der Waals surface area (Å²) in [6.45, 7) is 34.7. The fourth-order valence-electron chi connectivity index (χ4n) is 24.6. The minimum absolute atomic E-state index is 0.0522. The largest absolute Gasteiger partial charge is 0.494 e. The number of esters is 3. The SMILES string of the molecule is CCCC1CCC(C2CCC(c3cc(F)c(OC(C)C)c(F)c3)CC2)CC1.CCCC1CCC(C2CCC(c3ccc(CC(C)CC)cc3)CC2)CC1.CCCCCCCCC(=O)O[C@H]1CC[C@@]2(C)C(=CC[C@H]3[C@@H]4CC[C@H](C(C)CCCC(C)C)[C@@]4(C)CC[C@@H]32)C1.CCCCCCOc1ccc(C(=O)Oc2ccc(C(=O)OC(C)CCCCCC)cc2)cc1. The highest BCUT2D eigenvalue weighted by Gasteiger charge is 2.59. The molecule has 0 saturated heterocycles. The Hall–Kier alpha value is -5.51. The molecule has 4 aromatic rings. The molecule has 0 N–H and O–H groups in total. The van der Waals surface area contributed by atoms with Gasteiger partial charge in [-0.05, 0) is 352 Å². The fourth-order valence-corrected chi connectivity index (χ4v) is 24.6. The van der Waals surface area contributed by atoms with Gasteiger partial charge in [0.1, 0.15) is 17.6 Å². The highest BCUT2D eigenvalue weighted by atomic mass is 19.1. The summed E-state index contributed by atoms with van der Waals surface area (Å²) in [4.78, 5) is 37.3. The van der Waals surface area contributed by atoms with E-state index in [1.165, 1.54) is 262 Å². The Morgan fingerprint density at radius 2 is 1.01 bits per heavy atom. The molecule has 0 radical (unpaired) electrons. The molecule has 10 atom stereocenters. The van der Waals surface area contributed by atoms with Crippen LogP contribution in [0.5, 0.6) is 17.2 Å². The first kappa shape index (κ1) is 102. The molecule has 124 heavy (non-hydrogen) atoms. The smallest absolute Gasteiger partial charge is 0.343 e. The Balaban J connectivity index is 0.000000189. The summed E-state index contributed by atoms with van der Waals surface area (Å²) in [6.07, 6.45) is 65.2. The number of carbonyl (C=O) groups is 3. The molecule has 0 heterocycles. The van der Waals surface area contributed by atoms with Crippen molar-refractivity contribution in [3.05, 3.63) is 136 Å². The van der Waals surface area contributed by atoms with Crippen molar-refractivity contribution in [2.24, 2.45) is 87.8 Å². The van der Waals surface area contributed by atoms with E-state index in [9.17, 15) is 23.2 Å². The van der Waals surface area contributed by atoms with E-state index in [2.05, 4.69) is 113 Å². The quantitative estimate of drug-likeness (QED) is 0.0188. The van der Waals surface area contributed by atoms with Crippen LogP contribution in [0.2, 0.25) is 0 Å². The van der Waals surface area contributed by atoms with Crippen molar-refractivity contribution in [3.63, 3.8) is 0 Å². The normalized spacial score (nSPS) is 27.3. The van der Waals surface area contributed by atoms with Gasteiger partial charge in [0, 0.05) is 12.8 Å². The Kier molecular flexibility index (Phi) is 44.2. The predicted molar refractivity (Wildman–Crippen MR) is 514 cm³/mol. The number of fused-ring (bicyclic) bond motifs is 5. The van der Waals surface area contributed by atoms with Crippen LogP contribution < -0.4 is 14.2 Å². The van der Waals surface area contributed by atoms with Crippen molar-refractivity contribution < 1.29 is 46.8 Å². The zero-order chi connectivity index (χ0) is 89.0. The zero-order valence-electron chi connectivity index (χ0n) is 81.4. The van der Waals surface area contributed by atoms with Crippen LogP contribution >= 0.6 is 0 Å². The molecule has 7 saturated carbocycles. The first-order valence-corrected chi connectivity index (χ1v) is 52.3. The lowest BCUT2D eigenvalue weighted by Gasteiger charge is -2.58. The highest BCUT2D eigenvalue weighted by molar-refractivity contribution is 5.92. The average molecular weight is 1710 g/mol. The van der Waals surface area contributed by atoms with Gasteiger partial charge in [-0.1, -0.05) is 267 Å². The van der Waals surface area contributed by atoms with E-state index in [1.807, 2.05) is 6.92 Å². The molecule has 0 aliphatic heterocycles. The minimum atomic E-state index is -0.560. The molecule has 4 aromatic carbocycles. The number of hydrogen-bond donors (Lipinski definition) is 0. The maximum Gasteiger partial charge on any atom is 0.343 e. The van der Waals surface area contributed by atoms with Gasteiger partial charge in [0.05, 0.1) is 29.9 Å². The van der Waals surface area contributed by atoms with Crippen molar-refractivity contribution in [1.29, 1.82) is 0 Å². The highest BCUT2D eigenvalue weighted by Crippen LogP contribution is 2.68. The zero-order valence-corrected chi connectivity index (χ0v) is 81.4. The number of hydrogen-bond acceptors (Lipinski definition) is 8. The Labute approximate surface area is 756 Å². The second kappa shape index (κ2) is 53.6. The van der Waals surface area contributed by atoms with Gasteiger partial charge in [-0.3, -0.25) is 4.79 Å². The molecule has 3 unspecified atom stereocenters. The number of unbranched alkanes of at least 4 members (excludes halogenated alkanes) is 11. The van der Waals surface area contributed by atoms with Crippen molar-refractivity contribution in [1.82, 2.24) is 0 Å². The topological polar surface area (TPSA) is 97.4 Å². The van der Waals surface area contributed by atoms with E-state index in [0.29, 0.717) is 40.7 Å². The second-order valence-corrected chi connectivity index (χ2v) is 42.4. The Morgan fingerprint density at radius 1 is 0.484 bits per heavy atom. The third-order valence-electron chi connectivity index (χ3n) is 32.4. The summed E-state index contributed by atoms with van der Waals surface area (Å²) in [6, 6.07) is 26.1. The molecule has 12 rings (SSSR count). The van der Waals surface area contributed by atoms with E-state index in [0.717, 1.165) is 158 Å². The van der Waals surface area contributed by atoms with Crippen molar-refractivity contribution in [2.75, 3.05) is 6.61 Å².